The Morgan fingerprint density at radius 2 is 1.62 bits per heavy atom. The van der Waals surface area contributed by atoms with E-state index in [9.17, 15) is 24.6 Å². The number of carboxylic acids is 1. The number of allylic oxidation sites excluding steroid dienone is 1. The van der Waals surface area contributed by atoms with Gasteiger partial charge in [-0.2, -0.15) is 0 Å². The summed E-state index contributed by atoms with van der Waals surface area (Å²) in [4.78, 5) is 40.9. The Kier molecular flexibility index (Phi) is 5.25. The van der Waals surface area contributed by atoms with Gasteiger partial charge in [0.1, 0.15) is 11.4 Å². The lowest BCUT2D eigenvalue weighted by molar-refractivity contribution is -0.113. The van der Waals surface area contributed by atoms with Crippen molar-refractivity contribution in [2.45, 2.75) is 6.92 Å². The predicted molar refractivity (Wildman–Crippen MR) is 118 cm³/mol. The molecule has 0 aliphatic carbocycles. The first-order chi connectivity index (χ1) is 15.3. The molecule has 1 amide bonds. The molecule has 0 radical (unpaired) electrons. The van der Waals surface area contributed by atoms with Gasteiger partial charge in [-0.15, -0.1) is 10.2 Å². The van der Waals surface area contributed by atoms with E-state index in [4.69, 9.17) is 0 Å². The molecule has 3 aromatic carbocycles. The molecule has 10 heteroatoms. The van der Waals surface area contributed by atoms with Crippen LogP contribution in [0.5, 0.6) is 0 Å². The quantitative estimate of drug-likeness (QED) is 0.181. The van der Waals surface area contributed by atoms with Gasteiger partial charge < -0.3 is 25.5 Å². The van der Waals surface area contributed by atoms with Crippen molar-refractivity contribution in [1.29, 1.82) is 0 Å². The number of aromatic amines is 2. The van der Waals surface area contributed by atoms with Crippen LogP contribution in [0.25, 0.3) is 21.8 Å². The van der Waals surface area contributed by atoms with Gasteiger partial charge in [-0.3, -0.25) is 4.79 Å². The van der Waals surface area contributed by atoms with Crippen LogP contribution in [0.15, 0.2) is 81.1 Å². The van der Waals surface area contributed by atoms with Crippen LogP contribution >= 0.6 is 0 Å². The number of hydrogen-bond acceptors (Lipinski definition) is 6. The third-order valence-corrected chi connectivity index (χ3v) is 4.68. The molecule has 0 atom stereocenters. The van der Waals surface area contributed by atoms with Crippen LogP contribution in [-0.4, -0.2) is 32.1 Å². The number of H-pyrrole nitrogens is 2. The molecule has 0 saturated carbocycles. The molecule has 10 nitrogen and oxygen atoms in total. The first-order valence-electron chi connectivity index (χ1n) is 9.43. The van der Waals surface area contributed by atoms with E-state index in [0.717, 1.165) is 5.39 Å². The summed E-state index contributed by atoms with van der Waals surface area (Å²) in [6.07, 6.45) is 0. The number of carbonyl (C=O) groups excluding carboxylic acids is 1. The highest BCUT2D eigenvalue weighted by molar-refractivity contribution is 6.04. The number of nitrogens with zero attached hydrogens (tertiary/aromatic N) is 2. The zero-order valence-corrected chi connectivity index (χ0v) is 16.7. The van der Waals surface area contributed by atoms with Gasteiger partial charge in [0.05, 0.1) is 16.6 Å². The van der Waals surface area contributed by atoms with Gasteiger partial charge in [-0.05, 0) is 48.0 Å². The molecule has 32 heavy (non-hydrogen) atoms. The fourth-order valence-corrected chi connectivity index (χ4v) is 3.17. The molecule has 1 aromatic heterocycles. The number of benzene rings is 3. The molecule has 0 aliphatic heterocycles. The number of aromatic carboxylic acids is 1. The summed E-state index contributed by atoms with van der Waals surface area (Å²) >= 11 is 0. The second kappa shape index (κ2) is 8.19. The van der Waals surface area contributed by atoms with Crippen molar-refractivity contribution in [3.63, 3.8) is 0 Å². The number of aliphatic hydroxyl groups is 1. The van der Waals surface area contributed by atoms with Gasteiger partial charge in [0.25, 0.3) is 5.91 Å². The number of rotatable bonds is 5. The van der Waals surface area contributed by atoms with Crippen LogP contribution in [0.2, 0.25) is 0 Å². The Morgan fingerprint density at radius 3 is 2.31 bits per heavy atom. The summed E-state index contributed by atoms with van der Waals surface area (Å²) in [7, 11) is 0. The number of carboxylic acid groups (broad SMARTS) is 1. The number of nitrogens with one attached hydrogen (secondary N) is 3. The van der Waals surface area contributed by atoms with Crippen molar-refractivity contribution in [3.05, 3.63) is 82.1 Å². The monoisotopic (exact) mass is 431 g/mol. The maximum Gasteiger partial charge on any atom is 0.337 e. The lowest BCUT2D eigenvalue weighted by atomic mass is 10.1. The molecule has 5 N–H and O–H groups in total. The van der Waals surface area contributed by atoms with Crippen molar-refractivity contribution < 1.29 is 19.8 Å². The Bertz CT molecular complexity index is 1490. The summed E-state index contributed by atoms with van der Waals surface area (Å²) < 4.78 is 0. The van der Waals surface area contributed by atoms with E-state index in [0.29, 0.717) is 22.1 Å². The van der Waals surface area contributed by atoms with E-state index in [1.54, 1.807) is 48.5 Å². The van der Waals surface area contributed by atoms with Gasteiger partial charge in [0, 0.05) is 5.69 Å². The Morgan fingerprint density at radius 1 is 0.938 bits per heavy atom. The van der Waals surface area contributed by atoms with Gasteiger partial charge in [-0.1, -0.05) is 24.3 Å². The molecule has 0 bridgehead atoms. The molecular formula is C22H17N5O5. The molecule has 4 rings (SSSR count). The molecule has 0 saturated heterocycles. The lowest BCUT2D eigenvalue weighted by Gasteiger charge is -2.07. The first-order valence-corrected chi connectivity index (χ1v) is 9.43. The highest BCUT2D eigenvalue weighted by atomic mass is 16.4. The van der Waals surface area contributed by atoms with E-state index < -0.39 is 23.3 Å². The number of aromatic nitrogens is 2. The Balaban J connectivity index is 1.65. The number of azo groups is 1. The third kappa shape index (κ3) is 4.10. The molecule has 160 valence electrons. The second-order valence-corrected chi connectivity index (χ2v) is 6.95. The SMILES string of the molecule is CC(O)=C(N=Nc1cc2ccccc2cc1C(=O)O)C(=O)Nc1ccc2[nH]c(=O)[nH]c2c1. The smallest absolute Gasteiger partial charge is 0.337 e. The summed E-state index contributed by atoms with van der Waals surface area (Å²) in [6.45, 7) is 1.26. The van der Waals surface area contributed by atoms with Crippen LogP contribution in [0.3, 0.4) is 0 Å². The summed E-state index contributed by atoms with van der Waals surface area (Å²) in [6, 6.07) is 14.9. The highest BCUT2D eigenvalue weighted by Crippen LogP contribution is 2.28. The molecular weight excluding hydrogens is 414 g/mol. The van der Waals surface area contributed by atoms with E-state index in [2.05, 4.69) is 25.5 Å². The van der Waals surface area contributed by atoms with E-state index in [1.807, 2.05) is 0 Å². The van der Waals surface area contributed by atoms with Crippen LogP contribution in [0.4, 0.5) is 11.4 Å². The van der Waals surface area contributed by atoms with Gasteiger partial charge >= 0.3 is 11.7 Å². The Hall–Kier alpha value is -4.73. The number of carbonyl (C=O) groups is 2. The summed E-state index contributed by atoms with van der Waals surface area (Å²) in [5.41, 5.74) is 0.579. The fraction of sp³-hybridized carbons (Fsp3) is 0.0455. The maximum atomic E-state index is 12.7. The third-order valence-electron chi connectivity index (χ3n) is 4.68. The first kappa shape index (κ1) is 20.5. The van der Waals surface area contributed by atoms with Crippen LogP contribution in [-0.2, 0) is 4.79 Å². The van der Waals surface area contributed by atoms with Crippen molar-refractivity contribution in [2.24, 2.45) is 10.2 Å². The summed E-state index contributed by atoms with van der Waals surface area (Å²) in [5, 5.41) is 31.3. The minimum atomic E-state index is -1.20. The number of fused-ring (bicyclic) bond motifs is 2. The topological polar surface area (TPSA) is 160 Å². The minimum absolute atomic E-state index is 0.0362. The number of imidazole rings is 1. The molecule has 1 heterocycles. The molecule has 0 fully saturated rings. The average Bonchev–Trinajstić information content (AvgIpc) is 3.12. The van der Waals surface area contributed by atoms with Crippen LogP contribution < -0.4 is 11.0 Å². The van der Waals surface area contributed by atoms with Crippen molar-refractivity contribution >= 4 is 45.1 Å². The van der Waals surface area contributed by atoms with Crippen LogP contribution in [0.1, 0.15) is 17.3 Å². The van der Waals surface area contributed by atoms with Gasteiger partial charge in [-0.25, -0.2) is 9.59 Å². The van der Waals surface area contributed by atoms with Gasteiger partial charge in [0.15, 0.2) is 5.70 Å². The Labute approximate surface area is 179 Å². The van der Waals surface area contributed by atoms with Crippen molar-refractivity contribution in [3.8, 4) is 0 Å². The number of aliphatic hydroxyl groups excluding tert-OH is 1. The molecule has 0 spiro atoms. The minimum Gasteiger partial charge on any atom is -0.510 e. The largest absolute Gasteiger partial charge is 0.510 e. The zero-order valence-electron chi connectivity index (χ0n) is 16.7. The molecule has 4 aromatic rings. The highest BCUT2D eigenvalue weighted by Gasteiger charge is 2.16. The molecule has 0 aliphatic rings. The maximum absolute atomic E-state index is 12.7. The van der Waals surface area contributed by atoms with E-state index >= 15 is 0 Å². The summed E-state index contributed by atoms with van der Waals surface area (Å²) in [5.74, 6) is -2.36. The number of amides is 1. The van der Waals surface area contributed by atoms with Gasteiger partial charge in [0.2, 0.25) is 0 Å². The zero-order chi connectivity index (χ0) is 22.8. The standard InChI is InChI=1S/C22H17N5O5/c1-11(28)19(20(29)23-14-6-7-16-18(10-14)25-22(32)24-16)27-26-17-9-13-5-3-2-4-12(13)8-15(17)21(30)31/h2-10,28H,1H3,(H,23,29)(H,30,31)(H2,24,25,32). The van der Waals surface area contributed by atoms with Crippen molar-refractivity contribution in [1.82, 2.24) is 9.97 Å². The number of hydrogen-bond donors (Lipinski definition) is 5. The fourth-order valence-electron chi connectivity index (χ4n) is 3.17. The molecule has 0 unspecified atom stereocenters. The van der Waals surface area contributed by atoms with Crippen molar-refractivity contribution in [2.75, 3.05) is 5.32 Å². The normalized spacial score (nSPS) is 12.3. The average molecular weight is 431 g/mol. The van der Waals surface area contributed by atoms with Crippen LogP contribution in [0, 0.1) is 0 Å². The van der Waals surface area contributed by atoms with E-state index in [1.165, 1.54) is 13.0 Å². The number of anilines is 1. The lowest BCUT2D eigenvalue weighted by Crippen LogP contribution is -2.14. The van der Waals surface area contributed by atoms with E-state index in [-0.39, 0.29) is 16.9 Å². The second-order valence-electron chi connectivity index (χ2n) is 6.95. The predicted octanol–water partition coefficient (Wildman–Crippen LogP) is 4.22.